The van der Waals surface area contributed by atoms with Crippen molar-refractivity contribution in [2.75, 3.05) is 19.9 Å². The highest BCUT2D eigenvalue weighted by Gasteiger charge is 2.00. The molecule has 0 saturated carbocycles. The van der Waals surface area contributed by atoms with Crippen LogP contribution in [-0.4, -0.2) is 19.2 Å². The minimum absolute atomic E-state index is 0.751. The van der Waals surface area contributed by atoms with Crippen molar-refractivity contribution in [3.63, 3.8) is 0 Å². The van der Waals surface area contributed by atoms with Crippen LogP contribution in [0.25, 0.3) is 0 Å². The number of nitrogen functional groups attached to an aromatic ring is 1. The van der Waals surface area contributed by atoms with Crippen molar-refractivity contribution in [3.8, 4) is 0 Å². The van der Waals surface area contributed by atoms with Gasteiger partial charge in [0.05, 0.1) is 7.11 Å². The Morgan fingerprint density at radius 3 is 2.69 bits per heavy atom. The Balaban J connectivity index is 2.73. The zero-order chi connectivity index (χ0) is 9.84. The zero-order valence-corrected chi connectivity index (χ0v) is 8.37. The zero-order valence-electron chi connectivity index (χ0n) is 8.37. The highest BCUT2D eigenvalue weighted by atomic mass is 16.7. The van der Waals surface area contributed by atoms with Gasteiger partial charge in [-0.05, 0) is 24.1 Å². The second-order valence-corrected chi connectivity index (χ2v) is 3.16. The number of anilines is 1. The summed E-state index contributed by atoms with van der Waals surface area (Å²) in [5, 5.41) is 1.75. The molecule has 0 bridgehead atoms. The monoisotopic (exact) mass is 180 g/mol. The summed E-state index contributed by atoms with van der Waals surface area (Å²) in [7, 11) is 3.54. The van der Waals surface area contributed by atoms with E-state index in [0.29, 0.717) is 0 Å². The van der Waals surface area contributed by atoms with Gasteiger partial charge in [0.25, 0.3) is 0 Å². The molecule has 0 atom stereocenters. The van der Waals surface area contributed by atoms with Gasteiger partial charge in [0.15, 0.2) is 0 Å². The van der Waals surface area contributed by atoms with E-state index in [9.17, 15) is 0 Å². The molecule has 0 aromatic heterocycles. The SMILES string of the molecule is CON(C)Cc1ccc(C)c(N)c1. The molecule has 72 valence electrons. The summed E-state index contributed by atoms with van der Waals surface area (Å²) in [6.45, 7) is 2.75. The van der Waals surface area contributed by atoms with E-state index in [-0.39, 0.29) is 0 Å². The number of hydrogen-bond donors (Lipinski definition) is 1. The average molecular weight is 180 g/mol. The summed E-state index contributed by atoms with van der Waals surface area (Å²) in [6, 6.07) is 6.06. The summed E-state index contributed by atoms with van der Waals surface area (Å²) >= 11 is 0. The van der Waals surface area contributed by atoms with Crippen molar-refractivity contribution in [2.24, 2.45) is 0 Å². The molecular weight excluding hydrogens is 164 g/mol. The Labute approximate surface area is 79.1 Å². The van der Waals surface area contributed by atoms with Gasteiger partial charge in [-0.2, -0.15) is 5.06 Å². The molecule has 0 unspecified atom stereocenters. The molecule has 1 aromatic carbocycles. The molecule has 1 rings (SSSR count). The van der Waals surface area contributed by atoms with Crippen molar-refractivity contribution >= 4 is 5.69 Å². The number of rotatable bonds is 3. The van der Waals surface area contributed by atoms with Crippen LogP contribution < -0.4 is 5.73 Å². The first kappa shape index (κ1) is 10.0. The quantitative estimate of drug-likeness (QED) is 0.567. The van der Waals surface area contributed by atoms with Gasteiger partial charge in [-0.25, -0.2) is 0 Å². The lowest BCUT2D eigenvalue weighted by Gasteiger charge is -2.13. The van der Waals surface area contributed by atoms with E-state index in [0.717, 1.165) is 23.4 Å². The first-order valence-corrected chi connectivity index (χ1v) is 4.23. The summed E-state index contributed by atoms with van der Waals surface area (Å²) in [5.74, 6) is 0. The molecule has 0 aliphatic carbocycles. The maximum Gasteiger partial charge on any atom is 0.0575 e. The number of nitrogens with two attached hydrogens (primary N) is 1. The number of hydroxylamine groups is 2. The fourth-order valence-electron chi connectivity index (χ4n) is 1.11. The third-order valence-corrected chi connectivity index (χ3v) is 2.06. The number of aryl methyl sites for hydroxylation is 1. The molecule has 13 heavy (non-hydrogen) atoms. The van der Waals surface area contributed by atoms with Gasteiger partial charge in [0, 0.05) is 19.3 Å². The number of hydrogen-bond acceptors (Lipinski definition) is 3. The van der Waals surface area contributed by atoms with Crippen LogP contribution in [0.15, 0.2) is 18.2 Å². The first-order valence-electron chi connectivity index (χ1n) is 4.23. The molecule has 3 heteroatoms. The normalized spacial score (nSPS) is 10.8. The Hall–Kier alpha value is -1.06. The molecule has 0 fully saturated rings. The predicted molar refractivity (Wildman–Crippen MR) is 54.1 cm³/mol. The van der Waals surface area contributed by atoms with Crippen LogP contribution in [0.2, 0.25) is 0 Å². The van der Waals surface area contributed by atoms with Crippen LogP contribution in [0, 0.1) is 6.92 Å². The Morgan fingerprint density at radius 1 is 1.46 bits per heavy atom. The maximum atomic E-state index is 5.78. The van der Waals surface area contributed by atoms with Crippen LogP contribution in [0.1, 0.15) is 11.1 Å². The smallest absolute Gasteiger partial charge is 0.0575 e. The third kappa shape index (κ3) is 2.72. The van der Waals surface area contributed by atoms with Gasteiger partial charge in [-0.3, -0.25) is 0 Å². The minimum atomic E-state index is 0.751. The highest BCUT2D eigenvalue weighted by molar-refractivity contribution is 5.48. The molecule has 0 heterocycles. The first-order chi connectivity index (χ1) is 6.13. The lowest BCUT2D eigenvalue weighted by atomic mass is 10.1. The van der Waals surface area contributed by atoms with E-state index in [1.54, 1.807) is 12.2 Å². The van der Waals surface area contributed by atoms with E-state index in [2.05, 4.69) is 6.07 Å². The van der Waals surface area contributed by atoms with Gasteiger partial charge in [-0.1, -0.05) is 12.1 Å². The lowest BCUT2D eigenvalue weighted by Crippen LogP contribution is -2.15. The van der Waals surface area contributed by atoms with E-state index in [1.165, 1.54) is 0 Å². The van der Waals surface area contributed by atoms with Gasteiger partial charge in [-0.15, -0.1) is 0 Å². The van der Waals surface area contributed by atoms with Gasteiger partial charge < -0.3 is 10.6 Å². The van der Waals surface area contributed by atoms with E-state index >= 15 is 0 Å². The Bertz CT molecular complexity index is 286. The van der Waals surface area contributed by atoms with Crippen LogP contribution >= 0.6 is 0 Å². The second kappa shape index (κ2) is 4.25. The van der Waals surface area contributed by atoms with E-state index in [4.69, 9.17) is 10.6 Å². The van der Waals surface area contributed by atoms with Crippen LogP contribution in [0.5, 0.6) is 0 Å². The topological polar surface area (TPSA) is 38.5 Å². The molecule has 0 spiro atoms. The number of nitrogens with zero attached hydrogens (tertiary/aromatic N) is 1. The van der Waals surface area contributed by atoms with E-state index in [1.807, 2.05) is 26.1 Å². The largest absolute Gasteiger partial charge is 0.399 e. The Morgan fingerprint density at radius 2 is 2.15 bits per heavy atom. The van der Waals surface area contributed by atoms with Crippen molar-refractivity contribution in [3.05, 3.63) is 29.3 Å². The van der Waals surface area contributed by atoms with Crippen LogP contribution in [0.3, 0.4) is 0 Å². The summed E-state index contributed by atoms with van der Waals surface area (Å²) in [6.07, 6.45) is 0. The minimum Gasteiger partial charge on any atom is -0.399 e. The number of benzene rings is 1. The third-order valence-electron chi connectivity index (χ3n) is 2.06. The second-order valence-electron chi connectivity index (χ2n) is 3.16. The van der Waals surface area contributed by atoms with E-state index < -0.39 is 0 Å². The molecule has 0 amide bonds. The van der Waals surface area contributed by atoms with Crippen LogP contribution in [-0.2, 0) is 11.4 Å². The highest BCUT2D eigenvalue weighted by Crippen LogP contribution is 2.13. The molecule has 0 radical (unpaired) electrons. The molecule has 0 aliphatic rings. The standard InChI is InChI=1S/C10H16N2O/c1-8-4-5-9(6-10(8)11)7-12(2)13-3/h4-6H,7,11H2,1-3H3. The van der Waals surface area contributed by atoms with Crippen molar-refractivity contribution < 1.29 is 4.84 Å². The lowest BCUT2D eigenvalue weighted by molar-refractivity contribution is -0.116. The molecule has 3 nitrogen and oxygen atoms in total. The summed E-state index contributed by atoms with van der Waals surface area (Å²) in [4.78, 5) is 5.02. The van der Waals surface area contributed by atoms with Crippen molar-refractivity contribution in [1.82, 2.24) is 5.06 Å². The molecule has 0 saturated heterocycles. The fourth-order valence-corrected chi connectivity index (χ4v) is 1.11. The molecular formula is C10H16N2O. The van der Waals surface area contributed by atoms with Gasteiger partial charge in [0.1, 0.15) is 0 Å². The summed E-state index contributed by atoms with van der Waals surface area (Å²) in [5.41, 5.74) is 8.89. The maximum absolute atomic E-state index is 5.78. The van der Waals surface area contributed by atoms with Crippen molar-refractivity contribution in [2.45, 2.75) is 13.5 Å². The molecule has 0 aliphatic heterocycles. The van der Waals surface area contributed by atoms with Crippen LogP contribution in [0.4, 0.5) is 5.69 Å². The van der Waals surface area contributed by atoms with Gasteiger partial charge in [0.2, 0.25) is 0 Å². The molecule has 1 aromatic rings. The fraction of sp³-hybridized carbons (Fsp3) is 0.400. The predicted octanol–water partition coefficient (Wildman–Crippen LogP) is 1.57. The molecule has 2 N–H and O–H groups in total. The van der Waals surface area contributed by atoms with Crippen molar-refractivity contribution in [1.29, 1.82) is 0 Å². The summed E-state index contributed by atoms with van der Waals surface area (Å²) < 4.78 is 0. The Kier molecular flexibility index (Phi) is 3.28. The van der Waals surface area contributed by atoms with Gasteiger partial charge >= 0.3 is 0 Å². The average Bonchev–Trinajstić information content (AvgIpc) is 2.11.